The van der Waals surface area contributed by atoms with E-state index in [1.165, 1.54) is 14.0 Å². The number of anilines is 2. The zero-order valence-electron chi connectivity index (χ0n) is 12.8. The number of carbonyl (C=O) groups excluding carboxylic acids is 2. The molecular weight excluding hydrogens is 280 g/mol. The highest BCUT2D eigenvalue weighted by atomic mass is 16.5. The largest absolute Gasteiger partial charge is 0.495 e. The number of amides is 2. The molecule has 2 aromatic carbocycles. The Hall–Kier alpha value is -2.82. The van der Waals surface area contributed by atoms with E-state index >= 15 is 0 Å². The molecule has 0 saturated carbocycles. The van der Waals surface area contributed by atoms with Gasteiger partial charge in [-0.15, -0.1) is 0 Å². The molecule has 5 heteroatoms. The van der Waals surface area contributed by atoms with E-state index in [-0.39, 0.29) is 11.8 Å². The van der Waals surface area contributed by atoms with Crippen LogP contribution < -0.4 is 15.4 Å². The SMILES string of the molecule is COc1ccc(NC(=O)c2ccccc2C)cc1NC(C)=O. The third-order valence-corrected chi connectivity index (χ3v) is 3.16. The molecule has 22 heavy (non-hydrogen) atoms. The molecule has 0 saturated heterocycles. The highest BCUT2D eigenvalue weighted by Crippen LogP contribution is 2.28. The number of hydrogen-bond donors (Lipinski definition) is 2. The molecule has 0 unspecified atom stereocenters. The van der Waals surface area contributed by atoms with Crippen molar-refractivity contribution in [1.82, 2.24) is 0 Å². The third kappa shape index (κ3) is 3.63. The van der Waals surface area contributed by atoms with Crippen LogP contribution in [0.25, 0.3) is 0 Å². The van der Waals surface area contributed by atoms with Crippen LogP contribution in [0, 0.1) is 6.92 Å². The maximum atomic E-state index is 12.3. The summed E-state index contributed by atoms with van der Waals surface area (Å²) in [6.07, 6.45) is 0. The van der Waals surface area contributed by atoms with Gasteiger partial charge in [0.25, 0.3) is 5.91 Å². The van der Waals surface area contributed by atoms with Gasteiger partial charge in [0.1, 0.15) is 5.75 Å². The average Bonchev–Trinajstić information content (AvgIpc) is 2.47. The van der Waals surface area contributed by atoms with Crippen LogP contribution in [0.4, 0.5) is 11.4 Å². The number of benzene rings is 2. The number of rotatable bonds is 4. The smallest absolute Gasteiger partial charge is 0.255 e. The Morgan fingerprint density at radius 2 is 1.77 bits per heavy atom. The van der Waals surface area contributed by atoms with Crippen LogP contribution in [0.15, 0.2) is 42.5 Å². The predicted octanol–water partition coefficient (Wildman–Crippen LogP) is 3.21. The van der Waals surface area contributed by atoms with Crippen LogP contribution in [0.2, 0.25) is 0 Å². The van der Waals surface area contributed by atoms with Gasteiger partial charge in [-0.05, 0) is 36.8 Å². The molecule has 0 radical (unpaired) electrons. The maximum absolute atomic E-state index is 12.3. The molecule has 0 aliphatic heterocycles. The van der Waals surface area contributed by atoms with Gasteiger partial charge in [-0.25, -0.2) is 0 Å². The van der Waals surface area contributed by atoms with E-state index in [2.05, 4.69) is 10.6 Å². The fourth-order valence-electron chi connectivity index (χ4n) is 2.10. The summed E-state index contributed by atoms with van der Waals surface area (Å²) < 4.78 is 5.18. The third-order valence-electron chi connectivity index (χ3n) is 3.16. The molecule has 0 atom stereocenters. The minimum absolute atomic E-state index is 0.197. The monoisotopic (exact) mass is 298 g/mol. The van der Waals surface area contributed by atoms with Crippen molar-refractivity contribution in [3.8, 4) is 5.75 Å². The van der Waals surface area contributed by atoms with E-state index in [1.54, 1.807) is 24.3 Å². The lowest BCUT2D eigenvalue weighted by Crippen LogP contribution is -2.14. The minimum Gasteiger partial charge on any atom is -0.495 e. The van der Waals surface area contributed by atoms with Crippen molar-refractivity contribution in [2.24, 2.45) is 0 Å². The lowest BCUT2D eigenvalue weighted by molar-refractivity contribution is -0.114. The summed E-state index contributed by atoms with van der Waals surface area (Å²) in [4.78, 5) is 23.5. The number of aryl methyl sites for hydroxylation is 1. The molecule has 2 aromatic rings. The van der Waals surface area contributed by atoms with Gasteiger partial charge in [0.2, 0.25) is 5.91 Å². The Balaban J connectivity index is 2.24. The van der Waals surface area contributed by atoms with Crippen molar-refractivity contribution < 1.29 is 14.3 Å². The molecule has 2 rings (SSSR count). The van der Waals surface area contributed by atoms with Gasteiger partial charge in [0, 0.05) is 18.2 Å². The molecule has 0 fully saturated rings. The Labute approximate surface area is 129 Å². The second-order valence-corrected chi connectivity index (χ2v) is 4.87. The number of carbonyl (C=O) groups is 2. The van der Waals surface area contributed by atoms with Gasteiger partial charge in [0.15, 0.2) is 0 Å². The van der Waals surface area contributed by atoms with Gasteiger partial charge in [-0.1, -0.05) is 18.2 Å². The molecule has 0 aromatic heterocycles. The van der Waals surface area contributed by atoms with E-state index in [0.29, 0.717) is 22.7 Å². The van der Waals surface area contributed by atoms with Crippen molar-refractivity contribution in [2.75, 3.05) is 17.7 Å². The standard InChI is InChI=1S/C17H18N2O3/c1-11-6-4-5-7-14(11)17(21)19-13-8-9-16(22-3)15(10-13)18-12(2)20/h4-10H,1-3H3,(H,18,20)(H,19,21). The predicted molar refractivity (Wildman–Crippen MR) is 86.4 cm³/mol. The first-order valence-electron chi connectivity index (χ1n) is 6.84. The fraction of sp³-hybridized carbons (Fsp3) is 0.176. The molecule has 5 nitrogen and oxygen atoms in total. The molecule has 114 valence electrons. The van der Waals surface area contributed by atoms with Crippen molar-refractivity contribution in [3.05, 3.63) is 53.6 Å². The summed E-state index contributed by atoms with van der Waals surface area (Å²) >= 11 is 0. The summed E-state index contributed by atoms with van der Waals surface area (Å²) in [6.45, 7) is 3.30. The second-order valence-electron chi connectivity index (χ2n) is 4.87. The van der Waals surface area contributed by atoms with Crippen LogP contribution in [-0.2, 0) is 4.79 Å². The number of methoxy groups -OCH3 is 1. The van der Waals surface area contributed by atoms with E-state index in [0.717, 1.165) is 5.56 Å². The van der Waals surface area contributed by atoms with Gasteiger partial charge in [-0.2, -0.15) is 0 Å². The molecule has 0 spiro atoms. The molecule has 2 N–H and O–H groups in total. The molecule has 2 amide bonds. The summed E-state index contributed by atoms with van der Waals surface area (Å²) in [5, 5.41) is 5.49. The van der Waals surface area contributed by atoms with Gasteiger partial charge < -0.3 is 15.4 Å². The number of ether oxygens (including phenoxy) is 1. The lowest BCUT2D eigenvalue weighted by Gasteiger charge is -2.12. The highest BCUT2D eigenvalue weighted by molar-refractivity contribution is 6.05. The summed E-state index contributed by atoms with van der Waals surface area (Å²) in [7, 11) is 1.52. The maximum Gasteiger partial charge on any atom is 0.255 e. The Morgan fingerprint density at radius 3 is 2.41 bits per heavy atom. The van der Waals surface area contributed by atoms with Crippen molar-refractivity contribution in [3.63, 3.8) is 0 Å². The van der Waals surface area contributed by atoms with Gasteiger partial charge in [0.05, 0.1) is 12.8 Å². The van der Waals surface area contributed by atoms with Crippen LogP contribution in [0.5, 0.6) is 5.75 Å². The molecule has 0 aliphatic carbocycles. The van der Waals surface area contributed by atoms with Crippen LogP contribution in [0.3, 0.4) is 0 Å². The summed E-state index contributed by atoms with van der Waals surface area (Å²) in [5.74, 6) is 0.127. The Morgan fingerprint density at radius 1 is 1.05 bits per heavy atom. The van der Waals surface area contributed by atoms with E-state index in [9.17, 15) is 9.59 Å². The zero-order chi connectivity index (χ0) is 16.1. The molecule has 0 bridgehead atoms. The molecule has 0 heterocycles. The van der Waals surface area contributed by atoms with Crippen molar-refractivity contribution in [2.45, 2.75) is 13.8 Å². The van der Waals surface area contributed by atoms with E-state index in [1.807, 2.05) is 25.1 Å². The van der Waals surface area contributed by atoms with Crippen LogP contribution in [-0.4, -0.2) is 18.9 Å². The molecular formula is C17H18N2O3. The first-order chi connectivity index (χ1) is 10.5. The first-order valence-corrected chi connectivity index (χ1v) is 6.84. The second kappa shape index (κ2) is 6.76. The fourth-order valence-corrected chi connectivity index (χ4v) is 2.10. The van der Waals surface area contributed by atoms with Crippen molar-refractivity contribution >= 4 is 23.2 Å². The van der Waals surface area contributed by atoms with Gasteiger partial charge in [-0.3, -0.25) is 9.59 Å². The topological polar surface area (TPSA) is 67.4 Å². The number of hydrogen-bond acceptors (Lipinski definition) is 3. The zero-order valence-corrected chi connectivity index (χ0v) is 12.8. The average molecular weight is 298 g/mol. The van der Waals surface area contributed by atoms with Gasteiger partial charge >= 0.3 is 0 Å². The molecule has 0 aliphatic rings. The number of nitrogens with one attached hydrogen (secondary N) is 2. The Bertz CT molecular complexity index is 711. The van der Waals surface area contributed by atoms with Crippen LogP contribution >= 0.6 is 0 Å². The first kappa shape index (κ1) is 15.6. The Kier molecular flexibility index (Phi) is 4.78. The van der Waals surface area contributed by atoms with Crippen molar-refractivity contribution in [1.29, 1.82) is 0 Å². The highest BCUT2D eigenvalue weighted by Gasteiger charge is 2.11. The van der Waals surface area contributed by atoms with E-state index < -0.39 is 0 Å². The summed E-state index contributed by atoms with van der Waals surface area (Å²) in [5.41, 5.74) is 2.60. The quantitative estimate of drug-likeness (QED) is 0.910. The van der Waals surface area contributed by atoms with E-state index in [4.69, 9.17) is 4.74 Å². The minimum atomic E-state index is -0.208. The normalized spacial score (nSPS) is 9.95. The lowest BCUT2D eigenvalue weighted by atomic mass is 10.1. The van der Waals surface area contributed by atoms with Crippen LogP contribution in [0.1, 0.15) is 22.8 Å². The summed E-state index contributed by atoms with van der Waals surface area (Å²) in [6, 6.07) is 12.4.